The first-order valence-electron chi connectivity index (χ1n) is 3.93. The van der Waals surface area contributed by atoms with Gasteiger partial charge in [0.15, 0.2) is 0 Å². The molecule has 3 rings (SSSR count). The number of hydrogen-bond acceptors (Lipinski definition) is 3. The third kappa shape index (κ3) is 0.447. The second kappa shape index (κ2) is 1.55. The lowest BCUT2D eigenvalue weighted by Crippen LogP contribution is -2.72. The third-order valence-corrected chi connectivity index (χ3v) is 2.78. The Bertz CT molecular complexity index is 169. The summed E-state index contributed by atoms with van der Waals surface area (Å²) in [6.45, 7) is 2.79. The van der Waals surface area contributed by atoms with Crippen molar-refractivity contribution in [2.24, 2.45) is 0 Å². The van der Waals surface area contributed by atoms with E-state index < -0.39 is 0 Å². The van der Waals surface area contributed by atoms with Crippen LogP contribution >= 0.6 is 0 Å². The minimum atomic E-state index is 0.0446. The Morgan fingerprint density at radius 2 is 2.50 bits per heavy atom. The Balaban J connectivity index is 1.93. The number of ether oxygens (including phenoxy) is 2. The maximum Gasteiger partial charge on any atom is 0.149 e. The van der Waals surface area contributed by atoms with E-state index in [2.05, 4.69) is 4.90 Å². The van der Waals surface area contributed by atoms with Crippen molar-refractivity contribution in [2.45, 2.75) is 24.8 Å². The van der Waals surface area contributed by atoms with Gasteiger partial charge in [-0.05, 0) is 12.8 Å². The third-order valence-electron chi connectivity index (χ3n) is 2.78. The highest BCUT2D eigenvalue weighted by Crippen LogP contribution is 2.45. The van der Waals surface area contributed by atoms with Gasteiger partial charge in [0.1, 0.15) is 12.0 Å². The van der Waals surface area contributed by atoms with Crippen molar-refractivity contribution >= 4 is 0 Å². The van der Waals surface area contributed by atoms with Gasteiger partial charge >= 0.3 is 0 Å². The molecule has 0 N–H and O–H groups in total. The molecule has 3 saturated heterocycles. The molecule has 0 aromatic rings. The molecule has 2 atom stereocenters. The number of hydrogen-bond donors (Lipinski definition) is 0. The molecule has 0 aromatic carbocycles. The molecule has 3 nitrogen and oxygen atoms in total. The highest BCUT2D eigenvalue weighted by Gasteiger charge is 2.58. The van der Waals surface area contributed by atoms with E-state index in [9.17, 15) is 0 Å². The summed E-state index contributed by atoms with van der Waals surface area (Å²) in [7, 11) is 0. The molecule has 3 fully saturated rings. The molecule has 3 heterocycles. The Morgan fingerprint density at radius 1 is 1.50 bits per heavy atom. The summed E-state index contributed by atoms with van der Waals surface area (Å²) in [4.78, 5) is 2.44. The average Bonchev–Trinajstić information content (AvgIpc) is 2.29. The zero-order chi connectivity index (χ0) is 6.60. The van der Waals surface area contributed by atoms with Crippen molar-refractivity contribution in [3.63, 3.8) is 0 Å². The van der Waals surface area contributed by atoms with Crippen LogP contribution in [0.5, 0.6) is 0 Å². The molecule has 3 aliphatic heterocycles. The summed E-state index contributed by atoms with van der Waals surface area (Å²) >= 11 is 0. The van der Waals surface area contributed by atoms with Crippen LogP contribution < -0.4 is 0 Å². The molecule has 1 unspecified atom stereocenters. The van der Waals surface area contributed by atoms with E-state index in [1.807, 2.05) is 0 Å². The zero-order valence-corrected chi connectivity index (χ0v) is 5.88. The lowest BCUT2D eigenvalue weighted by Gasteiger charge is -2.57. The van der Waals surface area contributed by atoms with Crippen molar-refractivity contribution < 1.29 is 9.47 Å². The van der Waals surface area contributed by atoms with Gasteiger partial charge < -0.3 is 9.47 Å². The fourth-order valence-corrected chi connectivity index (χ4v) is 2.31. The summed E-state index contributed by atoms with van der Waals surface area (Å²) < 4.78 is 11.1. The second-order valence-electron chi connectivity index (χ2n) is 3.33. The smallest absolute Gasteiger partial charge is 0.149 e. The van der Waals surface area contributed by atoms with E-state index in [-0.39, 0.29) is 5.72 Å². The monoisotopic (exact) mass is 141 g/mol. The Morgan fingerprint density at radius 3 is 3.30 bits per heavy atom. The molecule has 0 amide bonds. The van der Waals surface area contributed by atoms with E-state index in [1.54, 1.807) is 0 Å². The van der Waals surface area contributed by atoms with Crippen LogP contribution in [-0.4, -0.2) is 36.6 Å². The maximum absolute atomic E-state index is 5.69. The van der Waals surface area contributed by atoms with Crippen LogP contribution in [0.2, 0.25) is 0 Å². The average molecular weight is 141 g/mol. The van der Waals surface area contributed by atoms with Gasteiger partial charge in [0.05, 0.1) is 13.2 Å². The molecule has 10 heavy (non-hydrogen) atoms. The zero-order valence-electron chi connectivity index (χ0n) is 5.88. The standard InChI is InChI=1S/C7H11NO2/c1-2-7-5-9-4-6(10-7)8(7)3-1/h6H,1-5H2/t6?,7-/m0/s1. The predicted octanol–water partition coefficient (Wildman–Crippen LogP) is 0.165. The van der Waals surface area contributed by atoms with Crippen LogP contribution in [-0.2, 0) is 9.47 Å². The van der Waals surface area contributed by atoms with Crippen molar-refractivity contribution in [3.8, 4) is 0 Å². The van der Waals surface area contributed by atoms with Crippen LogP contribution in [0, 0.1) is 0 Å². The quantitative estimate of drug-likeness (QED) is 0.480. The summed E-state index contributed by atoms with van der Waals surface area (Å²) in [6, 6.07) is 0. The van der Waals surface area contributed by atoms with Gasteiger partial charge in [-0.2, -0.15) is 0 Å². The molecule has 3 aliphatic rings. The lowest BCUT2D eigenvalue weighted by atomic mass is 10.1. The fraction of sp³-hybridized carbons (Fsp3) is 1.00. The van der Waals surface area contributed by atoms with Crippen molar-refractivity contribution in [2.75, 3.05) is 19.8 Å². The first kappa shape index (κ1) is 5.52. The summed E-state index contributed by atoms with van der Waals surface area (Å²) in [5.74, 6) is 0. The second-order valence-corrected chi connectivity index (χ2v) is 3.33. The van der Waals surface area contributed by atoms with E-state index in [4.69, 9.17) is 9.47 Å². The predicted molar refractivity (Wildman–Crippen MR) is 34.4 cm³/mol. The number of nitrogens with zero attached hydrogens (tertiary/aromatic N) is 1. The van der Waals surface area contributed by atoms with E-state index in [0.717, 1.165) is 13.2 Å². The van der Waals surface area contributed by atoms with Crippen LogP contribution in [0.1, 0.15) is 12.8 Å². The Kier molecular flexibility index (Phi) is 0.854. The van der Waals surface area contributed by atoms with Gasteiger partial charge in [-0.25, -0.2) is 4.90 Å². The molecule has 2 bridgehead atoms. The topological polar surface area (TPSA) is 21.7 Å². The molecule has 0 aromatic heterocycles. The van der Waals surface area contributed by atoms with Gasteiger partial charge in [-0.15, -0.1) is 0 Å². The Hall–Kier alpha value is -0.120. The summed E-state index contributed by atoms with van der Waals surface area (Å²) in [5, 5.41) is 0. The maximum atomic E-state index is 5.69. The summed E-state index contributed by atoms with van der Waals surface area (Å²) in [6.07, 6.45) is 2.75. The molecular weight excluding hydrogens is 130 g/mol. The molecule has 56 valence electrons. The largest absolute Gasteiger partial charge is 0.373 e. The molecule has 0 saturated carbocycles. The molecule has 0 spiro atoms. The Labute approximate surface area is 59.9 Å². The van der Waals surface area contributed by atoms with E-state index in [0.29, 0.717) is 6.23 Å². The van der Waals surface area contributed by atoms with Crippen LogP contribution in [0.25, 0.3) is 0 Å². The first-order chi connectivity index (χ1) is 4.91. The molecule has 0 aliphatic carbocycles. The van der Waals surface area contributed by atoms with Gasteiger partial charge in [0.2, 0.25) is 0 Å². The molecule has 3 heteroatoms. The van der Waals surface area contributed by atoms with Crippen LogP contribution in [0.3, 0.4) is 0 Å². The highest BCUT2D eigenvalue weighted by atomic mass is 16.7. The highest BCUT2D eigenvalue weighted by molar-refractivity contribution is 5.00. The minimum absolute atomic E-state index is 0.0446. The van der Waals surface area contributed by atoms with Crippen molar-refractivity contribution in [1.82, 2.24) is 4.90 Å². The van der Waals surface area contributed by atoms with Crippen molar-refractivity contribution in [1.29, 1.82) is 0 Å². The van der Waals surface area contributed by atoms with Crippen LogP contribution in [0.15, 0.2) is 0 Å². The van der Waals surface area contributed by atoms with Gasteiger partial charge in [0.25, 0.3) is 0 Å². The van der Waals surface area contributed by atoms with E-state index >= 15 is 0 Å². The lowest BCUT2D eigenvalue weighted by molar-refractivity contribution is -0.397. The van der Waals surface area contributed by atoms with Gasteiger partial charge in [-0.3, -0.25) is 0 Å². The number of morpholine rings is 1. The molecular formula is C7H11NO2. The first-order valence-corrected chi connectivity index (χ1v) is 3.93. The minimum Gasteiger partial charge on any atom is -0.373 e. The van der Waals surface area contributed by atoms with Gasteiger partial charge in [0, 0.05) is 6.54 Å². The SMILES string of the molecule is C1CN2C3COC[C@]2(C1)O3. The van der Waals surface area contributed by atoms with Crippen molar-refractivity contribution in [3.05, 3.63) is 0 Å². The van der Waals surface area contributed by atoms with Crippen LogP contribution in [0.4, 0.5) is 0 Å². The number of rotatable bonds is 0. The fourth-order valence-electron chi connectivity index (χ4n) is 2.31. The normalized spacial score (nSPS) is 52.2. The van der Waals surface area contributed by atoms with Gasteiger partial charge in [-0.1, -0.05) is 0 Å². The van der Waals surface area contributed by atoms with E-state index in [1.165, 1.54) is 19.4 Å². The summed E-state index contributed by atoms with van der Waals surface area (Å²) in [5.41, 5.74) is 0.0446. The molecule has 0 radical (unpaired) electrons.